The summed E-state index contributed by atoms with van der Waals surface area (Å²) in [6.45, 7) is 2.20. The van der Waals surface area contributed by atoms with E-state index >= 15 is 0 Å². The van der Waals surface area contributed by atoms with Gasteiger partial charge in [0.05, 0.1) is 5.02 Å². The number of hydrogen-bond acceptors (Lipinski definition) is 2. The van der Waals surface area contributed by atoms with E-state index in [9.17, 15) is 0 Å². The first kappa shape index (κ1) is 10.2. The monoisotopic (exact) mass is 274 g/mol. The molecular formula is C10H12BrClN2. The predicted octanol–water partition coefficient (Wildman–Crippen LogP) is 2.96. The number of aromatic nitrogens is 1. The predicted molar refractivity (Wildman–Crippen MR) is 63.4 cm³/mol. The van der Waals surface area contributed by atoms with E-state index in [0.717, 1.165) is 30.2 Å². The molecule has 1 aliphatic heterocycles. The third kappa shape index (κ3) is 2.20. The van der Waals surface area contributed by atoms with Gasteiger partial charge in [0.2, 0.25) is 0 Å². The van der Waals surface area contributed by atoms with Gasteiger partial charge in [-0.3, -0.25) is 0 Å². The van der Waals surface area contributed by atoms with E-state index in [2.05, 4.69) is 25.8 Å². The Kier molecular flexibility index (Phi) is 3.29. The summed E-state index contributed by atoms with van der Waals surface area (Å²) < 4.78 is 0. The molecule has 2 heterocycles. The van der Waals surface area contributed by atoms with Crippen LogP contribution in [0.25, 0.3) is 0 Å². The van der Waals surface area contributed by atoms with Crippen LogP contribution in [0, 0.1) is 5.92 Å². The second kappa shape index (κ2) is 4.49. The maximum absolute atomic E-state index is 5.79. The summed E-state index contributed by atoms with van der Waals surface area (Å²) in [6.07, 6.45) is 2.95. The van der Waals surface area contributed by atoms with Gasteiger partial charge in [0.25, 0.3) is 0 Å². The van der Waals surface area contributed by atoms with Crippen LogP contribution in [-0.4, -0.2) is 23.4 Å². The number of halogens is 2. The van der Waals surface area contributed by atoms with Gasteiger partial charge in [-0.05, 0) is 24.5 Å². The molecule has 1 fully saturated rings. The van der Waals surface area contributed by atoms with Gasteiger partial charge in [0.15, 0.2) is 0 Å². The van der Waals surface area contributed by atoms with Gasteiger partial charge in [-0.2, -0.15) is 0 Å². The normalized spacial score (nSPS) is 21.6. The van der Waals surface area contributed by atoms with Crippen LogP contribution in [-0.2, 0) is 0 Å². The summed E-state index contributed by atoms with van der Waals surface area (Å²) in [6, 6.07) is 3.88. The lowest BCUT2D eigenvalue weighted by Crippen LogP contribution is -2.20. The molecule has 0 aliphatic carbocycles. The van der Waals surface area contributed by atoms with Gasteiger partial charge in [0, 0.05) is 24.6 Å². The molecule has 1 saturated heterocycles. The summed E-state index contributed by atoms with van der Waals surface area (Å²) in [7, 11) is 0. The average Bonchev–Trinajstić information content (AvgIpc) is 2.67. The molecule has 0 bridgehead atoms. The zero-order valence-corrected chi connectivity index (χ0v) is 10.1. The standard InChI is InChI=1S/C10H12BrClN2/c11-5-8-3-4-14(7-8)10-2-1-9(12)6-13-10/h1-2,6,8H,3-5,7H2. The zero-order chi connectivity index (χ0) is 9.97. The maximum atomic E-state index is 5.79. The van der Waals surface area contributed by atoms with E-state index in [1.807, 2.05) is 12.1 Å². The molecule has 76 valence electrons. The highest BCUT2D eigenvalue weighted by Crippen LogP contribution is 2.23. The van der Waals surface area contributed by atoms with Crippen molar-refractivity contribution in [2.75, 3.05) is 23.3 Å². The maximum Gasteiger partial charge on any atom is 0.128 e. The number of nitrogens with zero attached hydrogens (tertiary/aromatic N) is 2. The summed E-state index contributed by atoms with van der Waals surface area (Å²) in [5.41, 5.74) is 0. The Bertz CT molecular complexity index is 301. The molecule has 1 atom stereocenters. The van der Waals surface area contributed by atoms with Crippen molar-refractivity contribution in [3.05, 3.63) is 23.4 Å². The number of pyridine rings is 1. The van der Waals surface area contributed by atoms with Crippen molar-refractivity contribution >= 4 is 33.3 Å². The second-order valence-electron chi connectivity index (χ2n) is 3.59. The fraction of sp³-hybridized carbons (Fsp3) is 0.500. The van der Waals surface area contributed by atoms with Crippen molar-refractivity contribution in [2.45, 2.75) is 6.42 Å². The molecule has 1 aromatic rings. The average molecular weight is 276 g/mol. The molecule has 1 unspecified atom stereocenters. The molecule has 2 rings (SSSR count). The Morgan fingerprint density at radius 3 is 3.00 bits per heavy atom. The summed E-state index contributed by atoms with van der Waals surface area (Å²) in [4.78, 5) is 6.62. The fourth-order valence-corrected chi connectivity index (χ4v) is 2.36. The highest BCUT2D eigenvalue weighted by molar-refractivity contribution is 9.09. The van der Waals surface area contributed by atoms with Gasteiger partial charge >= 0.3 is 0 Å². The van der Waals surface area contributed by atoms with E-state index < -0.39 is 0 Å². The molecule has 0 N–H and O–H groups in total. The molecule has 0 amide bonds. The minimum atomic E-state index is 0.699. The molecule has 4 heteroatoms. The Hall–Kier alpha value is -0.280. The minimum Gasteiger partial charge on any atom is -0.356 e. The van der Waals surface area contributed by atoms with Gasteiger partial charge < -0.3 is 4.90 Å². The Morgan fingerprint density at radius 2 is 2.43 bits per heavy atom. The van der Waals surface area contributed by atoms with Crippen LogP contribution in [0.1, 0.15) is 6.42 Å². The summed E-state index contributed by atoms with van der Waals surface area (Å²) in [5, 5.41) is 1.78. The third-order valence-electron chi connectivity index (χ3n) is 2.54. The van der Waals surface area contributed by atoms with Crippen molar-refractivity contribution < 1.29 is 0 Å². The third-order valence-corrected chi connectivity index (χ3v) is 3.68. The highest BCUT2D eigenvalue weighted by Gasteiger charge is 2.22. The van der Waals surface area contributed by atoms with Crippen LogP contribution in [0.4, 0.5) is 5.82 Å². The van der Waals surface area contributed by atoms with E-state index in [-0.39, 0.29) is 0 Å². The smallest absolute Gasteiger partial charge is 0.128 e. The summed E-state index contributed by atoms with van der Waals surface area (Å²) in [5.74, 6) is 1.80. The zero-order valence-electron chi connectivity index (χ0n) is 7.79. The first-order valence-corrected chi connectivity index (χ1v) is 6.22. The van der Waals surface area contributed by atoms with Gasteiger partial charge in [-0.1, -0.05) is 27.5 Å². The van der Waals surface area contributed by atoms with Crippen LogP contribution in [0.2, 0.25) is 5.02 Å². The first-order valence-electron chi connectivity index (χ1n) is 4.72. The van der Waals surface area contributed by atoms with Crippen LogP contribution >= 0.6 is 27.5 Å². The lowest BCUT2D eigenvalue weighted by Gasteiger charge is -2.16. The van der Waals surface area contributed by atoms with Crippen molar-refractivity contribution in [2.24, 2.45) is 5.92 Å². The van der Waals surface area contributed by atoms with Gasteiger partial charge in [-0.15, -0.1) is 0 Å². The van der Waals surface area contributed by atoms with Crippen LogP contribution in [0.5, 0.6) is 0 Å². The topological polar surface area (TPSA) is 16.1 Å². The molecule has 1 aliphatic rings. The molecule has 0 saturated carbocycles. The van der Waals surface area contributed by atoms with E-state index in [1.54, 1.807) is 6.20 Å². The SMILES string of the molecule is Clc1ccc(N2CCC(CBr)C2)nc1. The Morgan fingerprint density at radius 1 is 1.57 bits per heavy atom. The fourth-order valence-electron chi connectivity index (χ4n) is 1.72. The quantitative estimate of drug-likeness (QED) is 0.772. The Labute approximate surface area is 97.4 Å². The number of anilines is 1. The molecule has 0 aromatic carbocycles. The molecule has 14 heavy (non-hydrogen) atoms. The second-order valence-corrected chi connectivity index (χ2v) is 4.67. The van der Waals surface area contributed by atoms with Gasteiger partial charge in [-0.25, -0.2) is 4.98 Å². The number of alkyl halides is 1. The Balaban J connectivity index is 2.06. The van der Waals surface area contributed by atoms with Crippen LogP contribution < -0.4 is 4.90 Å². The van der Waals surface area contributed by atoms with E-state index in [0.29, 0.717) is 5.02 Å². The first-order chi connectivity index (χ1) is 6.79. The van der Waals surface area contributed by atoms with Crippen LogP contribution in [0.3, 0.4) is 0 Å². The molecular weight excluding hydrogens is 263 g/mol. The van der Waals surface area contributed by atoms with Crippen molar-refractivity contribution in [3.8, 4) is 0 Å². The molecule has 2 nitrogen and oxygen atoms in total. The van der Waals surface area contributed by atoms with Gasteiger partial charge in [0.1, 0.15) is 5.82 Å². The molecule has 1 aromatic heterocycles. The number of rotatable bonds is 2. The molecule has 0 radical (unpaired) electrons. The summed E-state index contributed by atoms with van der Waals surface area (Å²) >= 11 is 9.31. The van der Waals surface area contributed by atoms with E-state index in [4.69, 9.17) is 11.6 Å². The minimum absolute atomic E-state index is 0.699. The lowest BCUT2D eigenvalue weighted by molar-refractivity contribution is 0.675. The van der Waals surface area contributed by atoms with Crippen molar-refractivity contribution in [1.82, 2.24) is 4.98 Å². The van der Waals surface area contributed by atoms with Crippen molar-refractivity contribution in [1.29, 1.82) is 0 Å². The number of hydrogen-bond donors (Lipinski definition) is 0. The lowest BCUT2D eigenvalue weighted by atomic mass is 10.2. The largest absolute Gasteiger partial charge is 0.356 e. The highest BCUT2D eigenvalue weighted by atomic mass is 79.9. The van der Waals surface area contributed by atoms with E-state index in [1.165, 1.54) is 6.42 Å². The van der Waals surface area contributed by atoms with Crippen molar-refractivity contribution in [3.63, 3.8) is 0 Å². The van der Waals surface area contributed by atoms with Crippen LogP contribution in [0.15, 0.2) is 18.3 Å². The molecule has 0 spiro atoms.